The van der Waals surface area contributed by atoms with Crippen LogP contribution in [0.15, 0.2) is 24.3 Å². The Kier molecular flexibility index (Phi) is 4.42. The molecular formula is C14H16N2O5. The van der Waals surface area contributed by atoms with Crippen LogP contribution in [0.2, 0.25) is 0 Å². The summed E-state index contributed by atoms with van der Waals surface area (Å²) < 4.78 is 9.60. The summed E-state index contributed by atoms with van der Waals surface area (Å²) in [5.74, 6) is -0.264. The number of ether oxygens (including phenoxy) is 2. The number of amides is 3. The maximum Gasteiger partial charge on any atom is 0.329 e. The number of hydrogen-bond acceptors (Lipinski definition) is 5. The number of imide groups is 1. The van der Waals surface area contributed by atoms with Crippen molar-refractivity contribution in [2.24, 2.45) is 0 Å². The highest BCUT2D eigenvalue weighted by molar-refractivity contribution is 6.21. The van der Waals surface area contributed by atoms with Crippen molar-refractivity contribution in [3.63, 3.8) is 0 Å². The lowest BCUT2D eigenvalue weighted by molar-refractivity contribution is -0.140. The molecule has 0 bridgehead atoms. The van der Waals surface area contributed by atoms with Crippen molar-refractivity contribution in [1.29, 1.82) is 0 Å². The summed E-state index contributed by atoms with van der Waals surface area (Å²) >= 11 is 0. The lowest BCUT2D eigenvalue weighted by atomic mass is 10.1. The molecule has 112 valence electrons. The van der Waals surface area contributed by atoms with Gasteiger partial charge in [0, 0.05) is 12.5 Å². The van der Waals surface area contributed by atoms with E-state index in [4.69, 9.17) is 4.74 Å². The molecule has 1 aliphatic heterocycles. The molecule has 1 N–H and O–H groups in total. The monoisotopic (exact) mass is 292 g/mol. The Labute approximate surface area is 121 Å². The number of esters is 1. The molecule has 1 aliphatic rings. The average Bonchev–Trinajstić information content (AvgIpc) is 2.79. The highest BCUT2D eigenvalue weighted by Gasteiger charge is 2.39. The van der Waals surface area contributed by atoms with Gasteiger partial charge in [-0.2, -0.15) is 0 Å². The number of rotatable bonds is 5. The largest absolute Gasteiger partial charge is 0.497 e. The lowest BCUT2D eigenvalue weighted by Crippen LogP contribution is -2.31. The van der Waals surface area contributed by atoms with E-state index in [1.165, 1.54) is 14.2 Å². The van der Waals surface area contributed by atoms with Crippen molar-refractivity contribution in [1.82, 2.24) is 5.32 Å². The summed E-state index contributed by atoms with van der Waals surface area (Å²) in [6.45, 7) is 0. The first kappa shape index (κ1) is 14.8. The molecule has 1 fully saturated rings. The van der Waals surface area contributed by atoms with Crippen molar-refractivity contribution in [2.45, 2.75) is 18.9 Å². The van der Waals surface area contributed by atoms with E-state index in [9.17, 15) is 14.4 Å². The normalized spacial score (nSPS) is 17.6. The standard InChI is InChI=1S/C14H16N2O5/c1-20-10-5-3-4-9(8-10)16-13(18)11(15-14(16)19)6-7-12(17)21-2/h3-5,8,11H,6-7H2,1-2H3,(H,15,19). The zero-order valence-corrected chi connectivity index (χ0v) is 11.8. The molecule has 7 nitrogen and oxygen atoms in total. The molecule has 0 aromatic heterocycles. The summed E-state index contributed by atoms with van der Waals surface area (Å²) in [6, 6.07) is 5.42. The van der Waals surface area contributed by atoms with Gasteiger partial charge in [0.25, 0.3) is 5.91 Å². The molecule has 1 atom stereocenters. The number of methoxy groups -OCH3 is 2. The smallest absolute Gasteiger partial charge is 0.329 e. The van der Waals surface area contributed by atoms with Crippen LogP contribution in [-0.4, -0.2) is 38.2 Å². The van der Waals surface area contributed by atoms with Gasteiger partial charge in [0.05, 0.1) is 19.9 Å². The molecule has 1 aromatic carbocycles. The number of hydrogen-bond donors (Lipinski definition) is 1. The summed E-state index contributed by atoms with van der Waals surface area (Å²) in [6.07, 6.45) is 0.275. The van der Waals surface area contributed by atoms with Crippen LogP contribution < -0.4 is 15.0 Å². The highest BCUT2D eigenvalue weighted by Crippen LogP contribution is 2.25. The van der Waals surface area contributed by atoms with Gasteiger partial charge in [-0.05, 0) is 18.6 Å². The second-order valence-electron chi connectivity index (χ2n) is 4.49. The second-order valence-corrected chi connectivity index (χ2v) is 4.49. The van der Waals surface area contributed by atoms with Gasteiger partial charge in [-0.15, -0.1) is 0 Å². The predicted molar refractivity (Wildman–Crippen MR) is 74.0 cm³/mol. The third kappa shape index (κ3) is 3.13. The van der Waals surface area contributed by atoms with E-state index in [1.807, 2.05) is 0 Å². The maximum absolute atomic E-state index is 12.3. The van der Waals surface area contributed by atoms with Crippen LogP contribution in [0, 0.1) is 0 Å². The van der Waals surface area contributed by atoms with Gasteiger partial charge in [0.1, 0.15) is 11.8 Å². The van der Waals surface area contributed by atoms with Gasteiger partial charge in [-0.1, -0.05) is 6.07 Å². The fourth-order valence-corrected chi connectivity index (χ4v) is 2.09. The van der Waals surface area contributed by atoms with E-state index >= 15 is 0 Å². The van der Waals surface area contributed by atoms with E-state index in [-0.39, 0.29) is 12.8 Å². The molecule has 0 saturated carbocycles. The molecular weight excluding hydrogens is 276 g/mol. The molecule has 0 spiro atoms. The van der Waals surface area contributed by atoms with Crippen LogP contribution in [-0.2, 0) is 14.3 Å². The Morgan fingerprint density at radius 2 is 2.10 bits per heavy atom. The van der Waals surface area contributed by atoms with Crippen LogP contribution in [0.5, 0.6) is 5.75 Å². The van der Waals surface area contributed by atoms with Crippen LogP contribution >= 0.6 is 0 Å². The summed E-state index contributed by atoms with van der Waals surface area (Å²) in [4.78, 5) is 36.4. The van der Waals surface area contributed by atoms with Gasteiger partial charge < -0.3 is 14.8 Å². The number of carbonyl (C=O) groups excluding carboxylic acids is 3. The van der Waals surface area contributed by atoms with Gasteiger partial charge in [0.15, 0.2) is 0 Å². The molecule has 7 heteroatoms. The second kappa shape index (κ2) is 6.25. The average molecular weight is 292 g/mol. The van der Waals surface area contributed by atoms with Crippen LogP contribution in [0.1, 0.15) is 12.8 Å². The first-order valence-electron chi connectivity index (χ1n) is 6.42. The molecule has 1 unspecified atom stereocenters. The number of carbonyl (C=O) groups is 3. The Hall–Kier alpha value is -2.57. The molecule has 1 saturated heterocycles. The molecule has 1 heterocycles. The van der Waals surface area contributed by atoms with Crippen LogP contribution in [0.4, 0.5) is 10.5 Å². The summed E-state index contributed by atoms with van der Waals surface area (Å²) in [7, 11) is 2.78. The molecule has 0 aliphatic carbocycles. The minimum absolute atomic E-state index is 0.0686. The van der Waals surface area contributed by atoms with E-state index in [1.54, 1.807) is 24.3 Å². The molecule has 2 rings (SSSR count). The van der Waals surface area contributed by atoms with Crippen molar-refractivity contribution in [2.75, 3.05) is 19.1 Å². The minimum atomic E-state index is -0.720. The van der Waals surface area contributed by atoms with Gasteiger partial charge >= 0.3 is 12.0 Å². The van der Waals surface area contributed by atoms with Crippen molar-refractivity contribution < 1.29 is 23.9 Å². The van der Waals surface area contributed by atoms with Gasteiger partial charge in [0.2, 0.25) is 0 Å². The fourth-order valence-electron chi connectivity index (χ4n) is 2.09. The third-order valence-electron chi connectivity index (χ3n) is 3.20. The fraction of sp³-hybridized carbons (Fsp3) is 0.357. The van der Waals surface area contributed by atoms with Crippen LogP contribution in [0.25, 0.3) is 0 Å². The van der Waals surface area contributed by atoms with Crippen molar-refractivity contribution in [3.8, 4) is 5.75 Å². The predicted octanol–water partition coefficient (Wildman–Crippen LogP) is 1.07. The lowest BCUT2D eigenvalue weighted by Gasteiger charge is -2.13. The molecule has 1 aromatic rings. The first-order chi connectivity index (χ1) is 10.1. The van der Waals surface area contributed by atoms with Crippen molar-refractivity contribution >= 4 is 23.6 Å². The number of nitrogens with one attached hydrogen (secondary N) is 1. The number of benzene rings is 1. The number of urea groups is 1. The molecule has 3 amide bonds. The van der Waals surface area contributed by atoms with E-state index < -0.39 is 23.9 Å². The Morgan fingerprint density at radius 1 is 1.33 bits per heavy atom. The summed E-state index contributed by atoms with van der Waals surface area (Å²) in [5.41, 5.74) is 0.428. The zero-order valence-electron chi connectivity index (χ0n) is 11.8. The van der Waals surface area contributed by atoms with Crippen LogP contribution in [0.3, 0.4) is 0 Å². The highest BCUT2D eigenvalue weighted by atomic mass is 16.5. The quantitative estimate of drug-likeness (QED) is 0.648. The van der Waals surface area contributed by atoms with E-state index in [2.05, 4.69) is 10.1 Å². The van der Waals surface area contributed by atoms with Crippen molar-refractivity contribution in [3.05, 3.63) is 24.3 Å². The maximum atomic E-state index is 12.3. The Bertz CT molecular complexity index is 572. The van der Waals surface area contributed by atoms with E-state index in [0.29, 0.717) is 11.4 Å². The molecule has 21 heavy (non-hydrogen) atoms. The van der Waals surface area contributed by atoms with Gasteiger partial charge in [-0.3, -0.25) is 9.59 Å². The van der Waals surface area contributed by atoms with Gasteiger partial charge in [-0.25, -0.2) is 9.69 Å². The third-order valence-corrected chi connectivity index (χ3v) is 3.20. The zero-order chi connectivity index (χ0) is 15.4. The number of nitrogens with zero attached hydrogens (tertiary/aromatic N) is 1. The molecule has 0 radical (unpaired) electrons. The minimum Gasteiger partial charge on any atom is -0.497 e. The Balaban J connectivity index is 2.12. The summed E-state index contributed by atoms with van der Waals surface area (Å²) in [5, 5.41) is 2.56. The SMILES string of the molecule is COC(=O)CCC1NC(=O)N(c2cccc(OC)c2)C1=O. The first-order valence-corrected chi connectivity index (χ1v) is 6.42. The topological polar surface area (TPSA) is 84.9 Å². The number of anilines is 1. The van der Waals surface area contributed by atoms with E-state index in [0.717, 1.165) is 4.90 Å². The Morgan fingerprint density at radius 3 is 2.76 bits per heavy atom.